The molecule has 134 valence electrons. The lowest BCUT2D eigenvalue weighted by atomic mass is 10.1. The summed E-state index contributed by atoms with van der Waals surface area (Å²) in [5.41, 5.74) is 0.121. The summed E-state index contributed by atoms with van der Waals surface area (Å²) >= 11 is 0. The Morgan fingerprint density at radius 1 is 0.875 bits per heavy atom. The Labute approximate surface area is 141 Å². The highest BCUT2D eigenvalue weighted by Crippen LogP contribution is 2.10. The van der Waals surface area contributed by atoms with E-state index in [2.05, 4.69) is 5.32 Å². The Hall–Kier alpha value is -1.98. The van der Waals surface area contributed by atoms with Crippen LogP contribution in [0.15, 0.2) is 18.2 Å². The molecule has 0 aliphatic rings. The van der Waals surface area contributed by atoms with Gasteiger partial charge in [0.1, 0.15) is 0 Å². The van der Waals surface area contributed by atoms with Crippen molar-refractivity contribution >= 4 is 11.9 Å². The van der Waals surface area contributed by atoms with E-state index in [0.717, 1.165) is 63.5 Å². The highest BCUT2D eigenvalue weighted by atomic mass is 19.2. The van der Waals surface area contributed by atoms with Crippen LogP contribution < -0.4 is 5.32 Å². The predicted octanol–water partition coefficient (Wildman–Crippen LogP) is 4.29. The number of carbonyl (C=O) groups is 2. The van der Waals surface area contributed by atoms with Crippen LogP contribution in [0.3, 0.4) is 0 Å². The lowest BCUT2D eigenvalue weighted by Crippen LogP contribution is -2.24. The van der Waals surface area contributed by atoms with Crippen molar-refractivity contribution in [2.45, 2.75) is 57.8 Å². The van der Waals surface area contributed by atoms with E-state index < -0.39 is 23.5 Å². The molecule has 0 saturated carbocycles. The molecule has 0 atom stereocenters. The van der Waals surface area contributed by atoms with Gasteiger partial charge in [-0.3, -0.25) is 9.59 Å². The molecule has 1 aromatic carbocycles. The maximum Gasteiger partial charge on any atom is 0.303 e. The van der Waals surface area contributed by atoms with Crippen LogP contribution in [0.2, 0.25) is 0 Å². The molecule has 0 aromatic heterocycles. The number of carboxylic acids is 1. The molecule has 0 heterocycles. The number of hydrogen-bond donors (Lipinski definition) is 2. The zero-order chi connectivity index (χ0) is 17.8. The third-order valence-electron chi connectivity index (χ3n) is 3.78. The van der Waals surface area contributed by atoms with Gasteiger partial charge in [0.05, 0.1) is 0 Å². The molecule has 0 fully saturated rings. The molecule has 4 nitrogen and oxygen atoms in total. The first kappa shape index (κ1) is 20.1. The van der Waals surface area contributed by atoms with Gasteiger partial charge in [-0.15, -0.1) is 0 Å². The second-order valence-corrected chi connectivity index (χ2v) is 5.86. The number of carbonyl (C=O) groups excluding carboxylic acids is 1. The molecule has 0 saturated heterocycles. The second kappa shape index (κ2) is 11.5. The van der Waals surface area contributed by atoms with Gasteiger partial charge in [-0.1, -0.05) is 38.5 Å². The van der Waals surface area contributed by atoms with Gasteiger partial charge in [0.25, 0.3) is 5.91 Å². The fourth-order valence-corrected chi connectivity index (χ4v) is 2.40. The summed E-state index contributed by atoms with van der Waals surface area (Å²) in [6.45, 7) is 0.510. The van der Waals surface area contributed by atoms with Gasteiger partial charge in [-0.25, -0.2) is 8.78 Å². The fourth-order valence-electron chi connectivity index (χ4n) is 2.40. The van der Waals surface area contributed by atoms with Crippen molar-refractivity contribution in [3.05, 3.63) is 35.4 Å². The summed E-state index contributed by atoms with van der Waals surface area (Å²) in [5.74, 6) is -3.12. The number of aliphatic carboxylic acids is 1. The zero-order valence-electron chi connectivity index (χ0n) is 13.8. The Morgan fingerprint density at radius 3 is 2.04 bits per heavy atom. The molecule has 6 heteroatoms. The number of rotatable bonds is 12. The van der Waals surface area contributed by atoms with Crippen LogP contribution in [0, 0.1) is 11.6 Å². The van der Waals surface area contributed by atoms with Crippen LogP contribution in [-0.4, -0.2) is 23.5 Å². The molecule has 24 heavy (non-hydrogen) atoms. The van der Waals surface area contributed by atoms with Gasteiger partial charge in [-0.2, -0.15) is 0 Å². The van der Waals surface area contributed by atoms with E-state index >= 15 is 0 Å². The smallest absolute Gasteiger partial charge is 0.303 e. The second-order valence-electron chi connectivity index (χ2n) is 5.86. The van der Waals surface area contributed by atoms with E-state index in [0.29, 0.717) is 6.54 Å². The Balaban J connectivity index is 1.99. The molecule has 0 radical (unpaired) electrons. The quantitative estimate of drug-likeness (QED) is 0.557. The van der Waals surface area contributed by atoms with Crippen LogP contribution in [0.1, 0.15) is 68.1 Å². The molecule has 1 amide bonds. The van der Waals surface area contributed by atoms with Gasteiger partial charge >= 0.3 is 5.97 Å². The maximum atomic E-state index is 13.0. The number of unbranched alkanes of at least 4 members (excludes halogenated alkanes) is 7. The van der Waals surface area contributed by atoms with Crippen molar-refractivity contribution in [3.8, 4) is 0 Å². The average Bonchev–Trinajstić information content (AvgIpc) is 2.54. The van der Waals surface area contributed by atoms with Crippen molar-refractivity contribution in [2.75, 3.05) is 6.54 Å². The minimum Gasteiger partial charge on any atom is -0.481 e. The highest BCUT2D eigenvalue weighted by Gasteiger charge is 2.08. The molecule has 1 rings (SSSR count). The molecule has 0 aliphatic carbocycles. The van der Waals surface area contributed by atoms with Gasteiger partial charge in [-0.05, 0) is 31.0 Å². The summed E-state index contributed by atoms with van der Waals surface area (Å²) in [6.07, 6.45) is 8.10. The number of halogens is 2. The Morgan fingerprint density at radius 2 is 1.46 bits per heavy atom. The van der Waals surface area contributed by atoms with Gasteiger partial charge in [0, 0.05) is 18.5 Å². The van der Waals surface area contributed by atoms with E-state index in [9.17, 15) is 18.4 Å². The Bertz CT molecular complexity index is 535. The molecule has 0 unspecified atom stereocenters. The van der Waals surface area contributed by atoms with Gasteiger partial charge < -0.3 is 10.4 Å². The standard InChI is InChI=1S/C18H25F2NO3/c19-15-11-10-14(13-16(15)20)18(24)21-12-8-6-4-2-1-3-5-7-9-17(22)23/h10-11,13H,1-9,12H2,(H,21,24)(H,22,23). The van der Waals surface area contributed by atoms with Crippen LogP contribution >= 0.6 is 0 Å². The minimum atomic E-state index is -1.02. The number of hydrogen-bond acceptors (Lipinski definition) is 2. The third-order valence-corrected chi connectivity index (χ3v) is 3.78. The van der Waals surface area contributed by atoms with Crippen LogP contribution in [0.5, 0.6) is 0 Å². The van der Waals surface area contributed by atoms with Crippen molar-refractivity contribution < 1.29 is 23.5 Å². The molecular formula is C18H25F2NO3. The number of nitrogens with one attached hydrogen (secondary N) is 1. The van der Waals surface area contributed by atoms with Crippen molar-refractivity contribution in [1.82, 2.24) is 5.32 Å². The number of benzene rings is 1. The van der Waals surface area contributed by atoms with Gasteiger partial charge in [0.2, 0.25) is 0 Å². The zero-order valence-corrected chi connectivity index (χ0v) is 13.8. The first-order chi connectivity index (χ1) is 11.5. The number of carboxylic acid groups (broad SMARTS) is 1. The summed E-state index contributed by atoms with van der Waals surface area (Å²) in [5, 5.41) is 11.2. The van der Waals surface area contributed by atoms with E-state index in [1.807, 2.05) is 0 Å². The molecule has 0 spiro atoms. The van der Waals surface area contributed by atoms with Gasteiger partial charge in [0.15, 0.2) is 11.6 Å². The highest BCUT2D eigenvalue weighted by molar-refractivity contribution is 5.94. The van der Waals surface area contributed by atoms with E-state index in [1.165, 1.54) is 6.07 Å². The average molecular weight is 341 g/mol. The van der Waals surface area contributed by atoms with E-state index in [-0.39, 0.29) is 12.0 Å². The van der Waals surface area contributed by atoms with E-state index in [1.54, 1.807) is 0 Å². The molecular weight excluding hydrogens is 316 g/mol. The largest absolute Gasteiger partial charge is 0.481 e. The monoisotopic (exact) mass is 341 g/mol. The van der Waals surface area contributed by atoms with E-state index in [4.69, 9.17) is 5.11 Å². The summed E-state index contributed by atoms with van der Waals surface area (Å²) < 4.78 is 25.8. The van der Waals surface area contributed by atoms with Crippen molar-refractivity contribution in [2.24, 2.45) is 0 Å². The van der Waals surface area contributed by atoms with Crippen molar-refractivity contribution in [3.63, 3.8) is 0 Å². The third kappa shape index (κ3) is 8.60. The Kier molecular flexibility index (Phi) is 9.65. The topological polar surface area (TPSA) is 66.4 Å². The minimum absolute atomic E-state index is 0.121. The summed E-state index contributed by atoms with van der Waals surface area (Å²) in [4.78, 5) is 22.1. The molecule has 1 aromatic rings. The molecule has 0 aliphatic heterocycles. The van der Waals surface area contributed by atoms with Crippen LogP contribution in [0.4, 0.5) is 8.78 Å². The SMILES string of the molecule is O=C(O)CCCCCCCCCCNC(=O)c1ccc(F)c(F)c1. The fraction of sp³-hybridized carbons (Fsp3) is 0.556. The maximum absolute atomic E-state index is 13.0. The predicted molar refractivity (Wildman–Crippen MR) is 87.9 cm³/mol. The molecule has 0 bridgehead atoms. The first-order valence-corrected chi connectivity index (χ1v) is 8.45. The first-order valence-electron chi connectivity index (χ1n) is 8.45. The lowest BCUT2D eigenvalue weighted by molar-refractivity contribution is -0.137. The van der Waals surface area contributed by atoms with Crippen LogP contribution in [0.25, 0.3) is 0 Å². The number of amides is 1. The van der Waals surface area contributed by atoms with Crippen molar-refractivity contribution in [1.29, 1.82) is 0 Å². The van der Waals surface area contributed by atoms with Crippen LogP contribution in [-0.2, 0) is 4.79 Å². The summed E-state index contributed by atoms with van der Waals surface area (Å²) in [7, 11) is 0. The molecule has 2 N–H and O–H groups in total. The lowest BCUT2D eigenvalue weighted by Gasteiger charge is -2.06. The summed E-state index contributed by atoms with van der Waals surface area (Å²) in [6, 6.07) is 3.10. The normalized spacial score (nSPS) is 10.6.